The number of urea groups is 1. The van der Waals surface area contributed by atoms with E-state index in [9.17, 15) is 4.79 Å². The summed E-state index contributed by atoms with van der Waals surface area (Å²) in [5.41, 5.74) is 1.28. The van der Waals surface area contributed by atoms with Crippen LogP contribution in [0.3, 0.4) is 0 Å². The molecule has 2 amide bonds. The molecule has 0 spiro atoms. The molecule has 0 aromatic heterocycles. The molecule has 132 valence electrons. The molecular formula is C19H30N4O. The third-order valence-electron chi connectivity index (χ3n) is 5.24. The highest BCUT2D eigenvalue weighted by Gasteiger charge is 2.26. The summed E-state index contributed by atoms with van der Waals surface area (Å²) in [5, 5.41) is 6.20. The number of rotatable bonds is 5. The number of benzene rings is 1. The lowest BCUT2D eigenvalue weighted by molar-refractivity contribution is 0.232. The minimum absolute atomic E-state index is 0.0104. The number of carbonyl (C=O) groups excluding carboxylic acids is 1. The molecule has 3 rings (SSSR count). The van der Waals surface area contributed by atoms with E-state index in [1.807, 2.05) is 6.07 Å². The Bertz CT molecular complexity index is 533. The van der Waals surface area contributed by atoms with Crippen molar-refractivity contribution >= 4 is 11.7 Å². The van der Waals surface area contributed by atoms with Crippen LogP contribution in [0.5, 0.6) is 0 Å². The topological polar surface area (TPSA) is 47.6 Å². The molecule has 5 nitrogen and oxygen atoms in total. The van der Waals surface area contributed by atoms with Crippen LogP contribution in [-0.4, -0.2) is 55.7 Å². The van der Waals surface area contributed by atoms with E-state index in [0.29, 0.717) is 12.0 Å². The monoisotopic (exact) mass is 330 g/mol. The van der Waals surface area contributed by atoms with Crippen LogP contribution in [0.2, 0.25) is 0 Å². The largest absolute Gasteiger partial charge is 0.371 e. The highest BCUT2D eigenvalue weighted by Crippen LogP contribution is 2.22. The van der Waals surface area contributed by atoms with Gasteiger partial charge in [0.25, 0.3) is 0 Å². The van der Waals surface area contributed by atoms with Crippen molar-refractivity contribution in [3.8, 4) is 0 Å². The lowest BCUT2D eigenvalue weighted by Crippen LogP contribution is -2.45. The van der Waals surface area contributed by atoms with Gasteiger partial charge in [-0.25, -0.2) is 4.79 Å². The number of nitrogens with one attached hydrogen (secondary N) is 2. The number of carbonyl (C=O) groups is 1. The summed E-state index contributed by atoms with van der Waals surface area (Å²) >= 11 is 0. The van der Waals surface area contributed by atoms with Crippen molar-refractivity contribution < 1.29 is 4.79 Å². The van der Waals surface area contributed by atoms with Gasteiger partial charge in [-0.1, -0.05) is 18.2 Å². The molecule has 0 bridgehead atoms. The molecule has 2 saturated heterocycles. The van der Waals surface area contributed by atoms with Crippen LogP contribution in [0.1, 0.15) is 26.7 Å². The number of nitrogens with zero attached hydrogens (tertiary/aromatic N) is 2. The normalized spacial score (nSPS) is 24.5. The van der Waals surface area contributed by atoms with Gasteiger partial charge < -0.3 is 15.5 Å². The van der Waals surface area contributed by atoms with E-state index in [0.717, 1.165) is 45.6 Å². The van der Waals surface area contributed by atoms with Crippen LogP contribution in [0.25, 0.3) is 0 Å². The molecule has 2 atom stereocenters. The van der Waals surface area contributed by atoms with Crippen LogP contribution >= 0.6 is 0 Å². The Balaban J connectivity index is 1.37. The van der Waals surface area contributed by atoms with Crippen LogP contribution < -0.4 is 15.5 Å². The number of para-hydroxylation sites is 1. The summed E-state index contributed by atoms with van der Waals surface area (Å²) in [6, 6.07) is 11.4. The van der Waals surface area contributed by atoms with E-state index in [1.165, 1.54) is 5.69 Å². The molecule has 2 N–H and O–H groups in total. The number of hydrogen-bond acceptors (Lipinski definition) is 3. The van der Waals surface area contributed by atoms with E-state index in [4.69, 9.17) is 0 Å². The zero-order chi connectivity index (χ0) is 16.9. The fourth-order valence-electron chi connectivity index (χ4n) is 3.72. The van der Waals surface area contributed by atoms with Crippen molar-refractivity contribution in [2.24, 2.45) is 5.92 Å². The maximum Gasteiger partial charge on any atom is 0.315 e. The Kier molecular flexibility index (Phi) is 5.61. The highest BCUT2D eigenvalue weighted by atomic mass is 16.2. The zero-order valence-corrected chi connectivity index (χ0v) is 14.9. The van der Waals surface area contributed by atoms with Gasteiger partial charge in [0.05, 0.1) is 0 Å². The predicted molar refractivity (Wildman–Crippen MR) is 98.4 cm³/mol. The molecular weight excluding hydrogens is 300 g/mol. The number of hydrogen-bond donors (Lipinski definition) is 2. The Hall–Kier alpha value is -1.75. The molecule has 0 aliphatic carbocycles. The maximum atomic E-state index is 12.1. The molecule has 2 heterocycles. The molecule has 1 aromatic rings. The Morgan fingerprint density at radius 2 is 1.96 bits per heavy atom. The summed E-state index contributed by atoms with van der Waals surface area (Å²) < 4.78 is 0. The molecule has 2 aliphatic rings. The first-order chi connectivity index (χ1) is 11.6. The first-order valence-corrected chi connectivity index (χ1v) is 9.20. The Morgan fingerprint density at radius 3 is 2.67 bits per heavy atom. The first-order valence-electron chi connectivity index (χ1n) is 9.20. The lowest BCUT2D eigenvalue weighted by Gasteiger charge is -2.21. The first kappa shape index (κ1) is 17.1. The maximum absolute atomic E-state index is 12.1. The van der Waals surface area contributed by atoms with Crippen molar-refractivity contribution in [2.75, 3.05) is 37.6 Å². The van der Waals surface area contributed by atoms with Gasteiger partial charge in [-0.2, -0.15) is 0 Å². The van der Waals surface area contributed by atoms with Crippen LogP contribution in [0.4, 0.5) is 10.5 Å². The quantitative estimate of drug-likeness (QED) is 0.871. The van der Waals surface area contributed by atoms with E-state index in [2.05, 4.69) is 58.5 Å². The van der Waals surface area contributed by atoms with Crippen molar-refractivity contribution in [1.82, 2.24) is 15.5 Å². The van der Waals surface area contributed by atoms with Crippen molar-refractivity contribution in [2.45, 2.75) is 38.8 Å². The predicted octanol–water partition coefficient (Wildman–Crippen LogP) is 2.29. The SMILES string of the molecule is CC(C)N1CC[C@H](NC(=O)NC[C@H]2CCN(c3ccccc3)C2)C1. The molecule has 1 aromatic carbocycles. The van der Waals surface area contributed by atoms with Crippen molar-refractivity contribution in [3.63, 3.8) is 0 Å². The van der Waals surface area contributed by atoms with Gasteiger partial charge >= 0.3 is 6.03 Å². The van der Waals surface area contributed by atoms with Crippen molar-refractivity contribution in [1.29, 1.82) is 0 Å². The van der Waals surface area contributed by atoms with Gasteiger partial charge in [0.2, 0.25) is 0 Å². The molecule has 2 fully saturated rings. The van der Waals surface area contributed by atoms with Gasteiger partial charge in [-0.05, 0) is 44.7 Å². The standard InChI is InChI=1S/C19H30N4O/c1-15(2)22-11-9-17(14-22)21-19(24)20-12-16-8-10-23(13-16)18-6-4-3-5-7-18/h3-7,15-17H,8-14H2,1-2H3,(H2,20,21,24)/t16-,17+/m1/s1. The van der Waals surface area contributed by atoms with Gasteiger partial charge in [-0.3, -0.25) is 4.90 Å². The molecule has 2 aliphatic heterocycles. The summed E-state index contributed by atoms with van der Waals surface area (Å²) in [4.78, 5) is 17.0. The molecule has 5 heteroatoms. The molecule has 24 heavy (non-hydrogen) atoms. The Morgan fingerprint density at radius 1 is 1.17 bits per heavy atom. The van der Waals surface area contributed by atoms with Gasteiger partial charge in [0, 0.05) is 50.5 Å². The van der Waals surface area contributed by atoms with E-state index < -0.39 is 0 Å². The van der Waals surface area contributed by atoms with E-state index in [1.54, 1.807) is 0 Å². The molecule has 0 saturated carbocycles. The zero-order valence-electron chi connectivity index (χ0n) is 14.9. The molecule has 0 unspecified atom stereocenters. The van der Waals surface area contributed by atoms with Crippen molar-refractivity contribution in [3.05, 3.63) is 30.3 Å². The van der Waals surface area contributed by atoms with Gasteiger partial charge in [0.1, 0.15) is 0 Å². The Labute approximate surface area is 145 Å². The number of amides is 2. The second-order valence-electron chi connectivity index (χ2n) is 7.36. The van der Waals surface area contributed by atoms with Gasteiger partial charge in [-0.15, -0.1) is 0 Å². The second-order valence-corrected chi connectivity index (χ2v) is 7.36. The summed E-state index contributed by atoms with van der Waals surface area (Å²) in [6.45, 7) is 9.32. The van der Waals surface area contributed by atoms with Crippen LogP contribution in [-0.2, 0) is 0 Å². The van der Waals surface area contributed by atoms with Crippen LogP contribution in [0, 0.1) is 5.92 Å². The summed E-state index contributed by atoms with van der Waals surface area (Å²) in [6.07, 6.45) is 2.19. The molecule has 0 radical (unpaired) electrons. The smallest absolute Gasteiger partial charge is 0.315 e. The highest BCUT2D eigenvalue weighted by molar-refractivity contribution is 5.74. The number of anilines is 1. The van der Waals surface area contributed by atoms with Gasteiger partial charge in [0.15, 0.2) is 0 Å². The summed E-state index contributed by atoms with van der Waals surface area (Å²) in [7, 11) is 0. The fraction of sp³-hybridized carbons (Fsp3) is 0.632. The summed E-state index contributed by atoms with van der Waals surface area (Å²) in [5.74, 6) is 0.534. The minimum Gasteiger partial charge on any atom is -0.371 e. The lowest BCUT2D eigenvalue weighted by atomic mass is 10.1. The average Bonchev–Trinajstić information content (AvgIpc) is 3.23. The van der Waals surface area contributed by atoms with Crippen LogP contribution in [0.15, 0.2) is 30.3 Å². The van der Waals surface area contributed by atoms with E-state index in [-0.39, 0.29) is 12.1 Å². The minimum atomic E-state index is -0.0104. The third kappa shape index (κ3) is 4.41. The fourth-order valence-corrected chi connectivity index (χ4v) is 3.72. The number of likely N-dealkylation sites (tertiary alicyclic amines) is 1. The third-order valence-corrected chi connectivity index (χ3v) is 5.24. The second kappa shape index (κ2) is 7.88. The van der Waals surface area contributed by atoms with E-state index >= 15 is 0 Å². The average molecular weight is 330 g/mol.